The molecule has 0 radical (unpaired) electrons. The van der Waals surface area contributed by atoms with Crippen molar-refractivity contribution in [2.75, 3.05) is 31.1 Å². The maximum atomic E-state index is 9.66. The quantitative estimate of drug-likeness (QED) is 0.423. The molecule has 0 spiro atoms. The number of halogens is 1. The fourth-order valence-corrected chi connectivity index (χ4v) is 4.75. The molecule has 1 aliphatic rings. The Labute approximate surface area is 209 Å². The van der Waals surface area contributed by atoms with E-state index in [0.29, 0.717) is 28.2 Å². The molecule has 1 aromatic heterocycles. The van der Waals surface area contributed by atoms with Crippen molar-refractivity contribution in [1.82, 2.24) is 4.98 Å². The van der Waals surface area contributed by atoms with E-state index in [-0.39, 0.29) is 12.6 Å². The van der Waals surface area contributed by atoms with Crippen LogP contribution in [0, 0.1) is 11.3 Å². The van der Waals surface area contributed by atoms with E-state index in [0.717, 1.165) is 26.2 Å². The van der Waals surface area contributed by atoms with Crippen molar-refractivity contribution in [3.63, 3.8) is 0 Å². The minimum atomic E-state index is 0.144. The third-order valence-corrected chi connectivity index (χ3v) is 6.55. The van der Waals surface area contributed by atoms with Gasteiger partial charge in [0.15, 0.2) is 6.61 Å². The summed E-state index contributed by atoms with van der Waals surface area (Å²) in [7, 11) is 0. The highest BCUT2D eigenvalue weighted by molar-refractivity contribution is 6.30. The first-order valence-electron chi connectivity index (χ1n) is 11.7. The summed E-state index contributed by atoms with van der Waals surface area (Å²) in [4.78, 5) is 7.97. The van der Waals surface area contributed by atoms with Gasteiger partial charge in [-0.25, -0.2) is 0 Å². The maximum absolute atomic E-state index is 9.66. The van der Waals surface area contributed by atoms with Crippen LogP contribution in [0.1, 0.15) is 28.8 Å². The molecule has 35 heavy (non-hydrogen) atoms. The number of piperazine rings is 1. The second kappa shape index (κ2) is 10.6. The highest BCUT2D eigenvalue weighted by Crippen LogP contribution is 2.25. The molecule has 4 aromatic rings. The molecule has 6 nitrogen and oxygen atoms in total. The highest BCUT2D eigenvalue weighted by atomic mass is 35.5. The van der Waals surface area contributed by atoms with Gasteiger partial charge in [-0.3, -0.25) is 0 Å². The smallest absolute Gasteiger partial charge is 0.236 e. The van der Waals surface area contributed by atoms with Crippen molar-refractivity contribution in [2.45, 2.75) is 12.6 Å². The molecule has 0 aliphatic carbocycles. The summed E-state index contributed by atoms with van der Waals surface area (Å²) >= 11 is 5.93. The lowest BCUT2D eigenvalue weighted by Gasteiger charge is -2.36. The second-order valence-corrected chi connectivity index (χ2v) is 8.95. The average Bonchev–Trinajstić information content (AvgIpc) is 3.34. The van der Waals surface area contributed by atoms with Crippen molar-refractivity contribution < 1.29 is 14.1 Å². The lowest BCUT2D eigenvalue weighted by Crippen LogP contribution is -3.15. The number of rotatable bonds is 7. The average molecular weight is 486 g/mol. The Morgan fingerprint density at radius 3 is 2.11 bits per heavy atom. The standard InChI is InChI=1S/C28H25ClN4O2/c29-23-11-13-24(14-12-23)34-20-26-31-25(19-30)28(35-26)33-17-15-32(16-18-33)27(21-7-3-1-4-8-21)22-9-5-2-6-10-22/h1-14,27H,15-18,20H2/p+1. The molecule has 176 valence electrons. The zero-order valence-corrected chi connectivity index (χ0v) is 20.0. The third kappa shape index (κ3) is 5.32. The zero-order chi connectivity index (χ0) is 24.0. The van der Waals surface area contributed by atoms with E-state index in [9.17, 15) is 5.26 Å². The third-order valence-electron chi connectivity index (χ3n) is 6.30. The molecule has 1 N–H and O–H groups in total. The van der Waals surface area contributed by atoms with Crippen LogP contribution in [0.2, 0.25) is 5.02 Å². The van der Waals surface area contributed by atoms with E-state index in [1.165, 1.54) is 16.0 Å². The van der Waals surface area contributed by atoms with E-state index in [2.05, 4.69) is 76.6 Å². The fraction of sp³-hybridized carbons (Fsp3) is 0.214. The Kier molecular flexibility index (Phi) is 6.99. The molecule has 0 amide bonds. The first kappa shape index (κ1) is 23.0. The van der Waals surface area contributed by atoms with Gasteiger partial charge in [-0.05, 0) is 24.3 Å². The Morgan fingerprint density at radius 2 is 1.54 bits per heavy atom. The van der Waals surface area contributed by atoms with E-state index in [1.807, 2.05) is 0 Å². The lowest BCUT2D eigenvalue weighted by atomic mass is 9.96. The first-order chi connectivity index (χ1) is 17.2. The van der Waals surface area contributed by atoms with Crippen LogP contribution >= 0.6 is 11.6 Å². The molecule has 1 saturated heterocycles. The van der Waals surface area contributed by atoms with Crippen LogP contribution in [-0.4, -0.2) is 31.2 Å². The van der Waals surface area contributed by atoms with Gasteiger partial charge in [0.25, 0.3) is 0 Å². The molecule has 5 rings (SSSR count). The first-order valence-corrected chi connectivity index (χ1v) is 12.1. The lowest BCUT2D eigenvalue weighted by molar-refractivity contribution is -0.926. The van der Waals surface area contributed by atoms with Crippen LogP contribution < -0.4 is 14.5 Å². The predicted octanol–water partition coefficient (Wildman–Crippen LogP) is 4.27. The van der Waals surface area contributed by atoms with Gasteiger partial charge < -0.3 is 19.0 Å². The molecule has 0 saturated carbocycles. The van der Waals surface area contributed by atoms with Crippen LogP contribution in [0.4, 0.5) is 5.88 Å². The number of hydrogen-bond acceptors (Lipinski definition) is 5. The Balaban J connectivity index is 1.29. The van der Waals surface area contributed by atoms with Crippen molar-refractivity contribution in [3.8, 4) is 11.8 Å². The summed E-state index contributed by atoms with van der Waals surface area (Å²) in [6.45, 7) is 3.51. The highest BCUT2D eigenvalue weighted by Gasteiger charge is 2.32. The summed E-state index contributed by atoms with van der Waals surface area (Å²) < 4.78 is 11.7. The van der Waals surface area contributed by atoms with E-state index in [1.54, 1.807) is 24.3 Å². The van der Waals surface area contributed by atoms with Crippen LogP contribution in [-0.2, 0) is 6.61 Å². The molecule has 3 aromatic carbocycles. The van der Waals surface area contributed by atoms with E-state index >= 15 is 0 Å². The van der Waals surface area contributed by atoms with Crippen LogP contribution in [0.25, 0.3) is 0 Å². The minimum Gasteiger partial charge on any atom is -0.484 e. The number of nitriles is 1. The largest absolute Gasteiger partial charge is 0.484 e. The topological polar surface area (TPSA) is 66.7 Å². The summed E-state index contributed by atoms with van der Waals surface area (Å²) in [6, 6.07) is 30.9. The number of aromatic nitrogens is 1. The van der Waals surface area contributed by atoms with Gasteiger partial charge in [0, 0.05) is 16.1 Å². The number of quaternary nitrogens is 1. The van der Waals surface area contributed by atoms with Gasteiger partial charge in [-0.15, -0.1) is 0 Å². The van der Waals surface area contributed by atoms with E-state index in [4.69, 9.17) is 20.8 Å². The molecule has 0 atom stereocenters. The van der Waals surface area contributed by atoms with Gasteiger partial charge in [0.1, 0.15) is 17.9 Å². The van der Waals surface area contributed by atoms with Crippen LogP contribution in [0.3, 0.4) is 0 Å². The number of nitrogens with one attached hydrogen (secondary N) is 1. The predicted molar refractivity (Wildman–Crippen MR) is 135 cm³/mol. The summed E-state index contributed by atoms with van der Waals surface area (Å²) in [5, 5.41) is 10.3. The SMILES string of the molecule is N#Cc1nc(COc2ccc(Cl)cc2)oc1N1CC[NH+](C(c2ccccc2)c2ccccc2)CC1. The molecule has 2 heterocycles. The molecule has 1 fully saturated rings. The zero-order valence-electron chi connectivity index (χ0n) is 19.2. The van der Waals surface area contributed by atoms with Gasteiger partial charge in [-0.2, -0.15) is 10.2 Å². The number of oxazole rings is 1. The van der Waals surface area contributed by atoms with Gasteiger partial charge in [0.2, 0.25) is 17.5 Å². The number of benzene rings is 3. The summed E-state index contributed by atoms with van der Waals surface area (Å²) in [5.41, 5.74) is 2.91. The molecular weight excluding hydrogens is 460 g/mol. The number of anilines is 1. The molecule has 0 bridgehead atoms. The van der Waals surface area contributed by atoms with Gasteiger partial charge >= 0.3 is 0 Å². The second-order valence-electron chi connectivity index (χ2n) is 8.52. The molecule has 1 aliphatic heterocycles. The molecular formula is C28H26ClN4O2+. The number of hydrogen-bond donors (Lipinski definition) is 1. The number of nitrogens with zero attached hydrogens (tertiary/aromatic N) is 3. The van der Waals surface area contributed by atoms with E-state index < -0.39 is 0 Å². The molecule has 0 unspecified atom stereocenters. The minimum absolute atomic E-state index is 0.144. The van der Waals surface area contributed by atoms with Gasteiger partial charge in [0.05, 0.1) is 26.2 Å². The van der Waals surface area contributed by atoms with Gasteiger partial charge in [-0.1, -0.05) is 72.3 Å². The summed E-state index contributed by atoms with van der Waals surface area (Å²) in [6.07, 6.45) is 0. The van der Waals surface area contributed by atoms with Crippen molar-refractivity contribution in [1.29, 1.82) is 5.26 Å². The number of ether oxygens (including phenoxy) is 1. The Morgan fingerprint density at radius 1 is 0.943 bits per heavy atom. The summed E-state index contributed by atoms with van der Waals surface area (Å²) in [5.74, 6) is 1.57. The maximum Gasteiger partial charge on any atom is 0.236 e. The normalized spacial score (nSPS) is 14.1. The monoisotopic (exact) mass is 485 g/mol. The van der Waals surface area contributed by atoms with Crippen molar-refractivity contribution in [3.05, 3.63) is 113 Å². The Hall–Kier alpha value is -3.79. The van der Waals surface area contributed by atoms with Crippen molar-refractivity contribution >= 4 is 17.5 Å². The molecule has 7 heteroatoms. The Bertz CT molecular complexity index is 1240. The van der Waals surface area contributed by atoms with Crippen LogP contribution in [0.15, 0.2) is 89.3 Å². The fourth-order valence-electron chi connectivity index (χ4n) is 4.62. The van der Waals surface area contributed by atoms with Crippen molar-refractivity contribution in [2.24, 2.45) is 0 Å². The van der Waals surface area contributed by atoms with Crippen LogP contribution in [0.5, 0.6) is 5.75 Å².